The molecule has 2 aromatic carbocycles. The maximum Gasteiger partial charge on any atom is 0.245 e. The Hall–Kier alpha value is -3.63. The Labute approximate surface area is 254 Å². The number of amides is 2. The minimum absolute atomic E-state index is 0.00929. The zero-order chi connectivity index (χ0) is 31.6. The topological polar surface area (TPSA) is 138 Å². The number of likely N-dealkylation sites (N-methyl/N-ethyl adjacent to an activating group) is 1. The predicted molar refractivity (Wildman–Crippen MR) is 162 cm³/mol. The van der Waals surface area contributed by atoms with E-state index in [0.717, 1.165) is 9.87 Å². The van der Waals surface area contributed by atoms with Gasteiger partial charge in [-0.2, -0.15) is 4.31 Å². The molecule has 0 fully saturated rings. The molecule has 0 spiro atoms. The lowest BCUT2D eigenvalue weighted by atomic mass is 9.98. The van der Waals surface area contributed by atoms with Crippen LogP contribution in [0.2, 0.25) is 0 Å². The number of nitrogens with one attached hydrogen (secondary N) is 2. The zero-order valence-electron chi connectivity index (χ0n) is 25.4. The number of fused-ring (bicyclic) bond motifs is 1. The lowest BCUT2D eigenvalue weighted by molar-refractivity contribution is -0.122. The number of carbonyl (C=O) groups excluding carboxylic acids is 2. The number of carbonyl (C=O) groups is 2. The van der Waals surface area contributed by atoms with Crippen molar-refractivity contribution in [1.29, 1.82) is 0 Å². The van der Waals surface area contributed by atoms with Crippen LogP contribution in [0.5, 0.6) is 11.5 Å². The second-order valence-corrected chi connectivity index (χ2v) is 13.0. The summed E-state index contributed by atoms with van der Waals surface area (Å²) in [5, 5.41) is 17.4. The lowest BCUT2D eigenvalue weighted by Crippen LogP contribution is -2.55. The molecule has 0 radical (unpaired) electrons. The van der Waals surface area contributed by atoms with E-state index >= 15 is 0 Å². The Balaban J connectivity index is 1.77. The monoisotopic (exact) mass is 614 g/mol. The molecule has 0 aromatic heterocycles. The minimum Gasteiger partial charge on any atom is -0.451 e. The highest BCUT2D eigenvalue weighted by molar-refractivity contribution is 7.89. The molecule has 2 unspecified atom stereocenters. The van der Waals surface area contributed by atoms with Gasteiger partial charge in [-0.25, -0.2) is 8.42 Å². The molecular formula is C31H42N4O7S. The Morgan fingerprint density at radius 1 is 1.07 bits per heavy atom. The van der Waals surface area contributed by atoms with E-state index in [9.17, 15) is 23.1 Å². The molecule has 2 atom stereocenters. The summed E-state index contributed by atoms with van der Waals surface area (Å²) in [5.41, 5.74) is -1.12. The first kappa shape index (κ1) is 33.9. The minimum atomic E-state index is -4.22. The maximum absolute atomic E-state index is 14.1. The van der Waals surface area contributed by atoms with Crippen LogP contribution in [-0.4, -0.2) is 80.3 Å². The molecule has 12 heteroatoms. The van der Waals surface area contributed by atoms with Crippen molar-refractivity contribution in [3.05, 3.63) is 54.1 Å². The lowest BCUT2D eigenvalue weighted by Gasteiger charge is -2.40. The average Bonchev–Trinajstić information content (AvgIpc) is 3.30. The molecule has 1 heterocycles. The Bertz CT molecular complexity index is 1420. The van der Waals surface area contributed by atoms with E-state index in [1.165, 1.54) is 12.1 Å². The van der Waals surface area contributed by atoms with Gasteiger partial charge in [0.05, 0.1) is 11.4 Å². The van der Waals surface area contributed by atoms with Crippen molar-refractivity contribution in [2.45, 2.75) is 63.4 Å². The van der Waals surface area contributed by atoms with E-state index in [1.54, 1.807) is 32.0 Å². The van der Waals surface area contributed by atoms with Crippen molar-refractivity contribution in [3.63, 3.8) is 0 Å². The van der Waals surface area contributed by atoms with Crippen LogP contribution in [0.1, 0.15) is 45.6 Å². The highest BCUT2D eigenvalue weighted by atomic mass is 32.2. The molecular weight excluding hydrogens is 572 g/mol. The van der Waals surface area contributed by atoms with E-state index in [0.29, 0.717) is 11.5 Å². The number of nitrogens with zero attached hydrogens (tertiary/aromatic N) is 2. The van der Waals surface area contributed by atoms with Crippen LogP contribution in [0, 0.1) is 17.9 Å². The molecule has 2 aromatic rings. The van der Waals surface area contributed by atoms with Gasteiger partial charge < -0.3 is 24.8 Å². The number of ether oxygens (including phenoxy) is 2. The van der Waals surface area contributed by atoms with Crippen LogP contribution < -0.4 is 20.1 Å². The van der Waals surface area contributed by atoms with Crippen molar-refractivity contribution < 1.29 is 32.6 Å². The summed E-state index contributed by atoms with van der Waals surface area (Å²) in [7, 11) is -0.677. The Morgan fingerprint density at radius 3 is 2.44 bits per heavy atom. The number of hydrogen-bond donors (Lipinski definition) is 3. The van der Waals surface area contributed by atoms with Gasteiger partial charge in [0.15, 0.2) is 11.5 Å². The first-order valence-corrected chi connectivity index (χ1v) is 15.7. The molecule has 234 valence electrons. The van der Waals surface area contributed by atoms with Crippen molar-refractivity contribution in [1.82, 2.24) is 19.8 Å². The van der Waals surface area contributed by atoms with Gasteiger partial charge in [0, 0.05) is 57.8 Å². The Kier molecular flexibility index (Phi) is 12.0. The largest absolute Gasteiger partial charge is 0.451 e. The molecule has 1 aliphatic rings. The second kappa shape index (κ2) is 15.2. The molecule has 43 heavy (non-hydrogen) atoms. The molecule has 0 saturated heterocycles. The SMILES string of the molecule is CC(C)CN(C(O)(CCNC(=O)CCC#CNC(=O)CN(C)C)Cc1ccccc1)S(=O)(=O)c1ccc2c(c1)OC(C)O2. The highest BCUT2D eigenvalue weighted by Crippen LogP contribution is 2.38. The number of aliphatic hydroxyl groups is 1. The molecule has 0 saturated carbocycles. The van der Waals surface area contributed by atoms with Gasteiger partial charge in [-0.1, -0.05) is 50.1 Å². The van der Waals surface area contributed by atoms with Crippen LogP contribution in [-0.2, 0) is 26.0 Å². The van der Waals surface area contributed by atoms with Crippen LogP contribution in [0.4, 0.5) is 0 Å². The van der Waals surface area contributed by atoms with Gasteiger partial charge in [0.2, 0.25) is 28.1 Å². The number of hydrogen-bond acceptors (Lipinski definition) is 8. The van der Waals surface area contributed by atoms with Gasteiger partial charge in [-0.3, -0.25) is 14.9 Å². The number of sulfonamides is 1. The quantitative estimate of drug-likeness (QED) is 0.168. The van der Waals surface area contributed by atoms with Crippen molar-refractivity contribution in [2.75, 3.05) is 33.7 Å². The van der Waals surface area contributed by atoms with Crippen molar-refractivity contribution in [3.8, 4) is 23.5 Å². The Morgan fingerprint density at radius 2 is 1.77 bits per heavy atom. The van der Waals surface area contributed by atoms with E-state index in [2.05, 4.69) is 22.6 Å². The fraction of sp³-hybridized carbons (Fsp3) is 0.484. The van der Waals surface area contributed by atoms with Gasteiger partial charge in [-0.05, 0) is 37.7 Å². The molecule has 0 aliphatic carbocycles. The molecule has 0 bridgehead atoms. The summed E-state index contributed by atoms with van der Waals surface area (Å²) < 4.78 is 40.5. The smallest absolute Gasteiger partial charge is 0.245 e. The number of rotatable bonds is 14. The highest BCUT2D eigenvalue weighted by Gasteiger charge is 2.43. The first-order valence-electron chi connectivity index (χ1n) is 14.2. The van der Waals surface area contributed by atoms with Gasteiger partial charge in [0.25, 0.3) is 0 Å². The van der Waals surface area contributed by atoms with Gasteiger partial charge >= 0.3 is 0 Å². The molecule has 1 aliphatic heterocycles. The maximum atomic E-state index is 14.1. The van der Waals surface area contributed by atoms with E-state index in [4.69, 9.17) is 9.47 Å². The third-order valence-electron chi connectivity index (χ3n) is 6.49. The van der Waals surface area contributed by atoms with E-state index in [1.807, 2.05) is 44.2 Å². The average molecular weight is 615 g/mol. The molecule has 3 rings (SSSR count). The van der Waals surface area contributed by atoms with Gasteiger partial charge in [-0.15, -0.1) is 0 Å². The van der Waals surface area contributed by atoms with Gasteiger partial charge in [0.1, 0.15) is 5.72 Å². The predicted octanol–water partition coefficient (Wildman–Crippen LogP) is 2.31. The summed E-state index contributed by atoms with van der Waals surface area (Å²) in [6.07, 6.45) is -0.287. The fourth-order valence-corrected chi connectivity index (χ4v) is 6.41. The van der Waals surface area contributed by atoms with Crippen LogP contribution in [0.3, 0.4) is 0 Å². The molecule has 11 nitrogen and oxygen atoms in total. The summed E-state index contributed by atoms with van der Waals surface area (Å²) in [6.45, 7) is 5.73. The summed E-state index contributed by atoms with van der Waals surface area (Å²) in [5.74, 6) is 2.85. The third kappa shape index (κ3) is 9.96. The normalized spacial score (nSPS) is 15.6. The summed E-state index contributed by atoms with van der Waals surface area (Å²) in [6, 6.07) is 16.1. The third-order valence-corrected chi connectivity index (χ3v) is 8.41. The van der Waals surface area contributed by atoms with E-state index < -0.39 is 22.0 Å². The van der Waals surface area contributed by atoms with Crippen LogP contribution >= 0.6 is 0 Å². The fourth-order valence-electron chi connectivity index (χ4n) is 4.56. The summed E-state index contributed by atoms with van der Waals surface area (Å²) >= 11 is 0. The zero-order valence-corrected chi connectivity index (χ0v) is 26.2. The first-order chi connectivity index (χ1) is 20.3. The summed E-state index contributed by atoms with van der Waals surface area (Å²) in [4.78, 5) is 25.8. The molecule has 2 amide bonds. The van der Waals surface area contributed by atoms with Crippen LogP contribution in [0.15, 0.2) is 53.4 Å². The number of benzene rings is 2. The van der Waals surface area contributed by atoms with Crippen molar-refractivity contribution in [2.24, 2.45) is 5.92 Å². The standard InChI is InChI=1S/C31H42N4O7S/c1-23(2)21-35(43(39,40)26-14-15-27-28(19-26)42-24(3)41-27)31(38,20-25-11-7-6-8-12-25)16-18-33-29(36)13-9-10-17-32-30(37)22-34(4)5/h6-8,11-12,14-15,19,23-24,38H,9,13,16,18,20-22H2,1-5H3,(H,32,37)(H,33,36). The van der Waals surface area contributed by atoms with Crippen LogP contribution in [0.25, 0.3) is 0 Å². The van der Waals surface area contributed by atoms with E-state index in [-0.39, 0.29) is 67.9 Å². The van der Waals surface area contributed by atoms with Crippen molar-refractivity contribution >= 4 is 21.8 Å². The second-order valence-electron chi connectivity index (χ2n) is 11.2. The molecule has 3 N–H and O–H groups in total.